The van der Waals surface area contributed by atoms with Gasteiger partial charge in [0.05, 0.1) is 69.3 Å². The number of carbonyl (C=O) groups excluding carboxylic acids is 8. The number of ketones is 2. The third kappa shape index (κ3) is 25.3. The average Bonchev–Trinajstić information content (AvgIpc) is 1.96. The standard InChI is InChI=1S/C26H41N5O7.C23H31N5O7S.2C7H8/c1-16(2)10-19(23(33)26(5)15-37-26)28-22(32)13-27-24(34)20(11-17(3)4)29-25(35)21-12-18(38-30-21)14-31-6-8-36-9-7-31;1-13(2)5-16(20(30)23(3)11-34-23)26-19(29)8-24-21(31)17(6-14-10-36-12-25-14)27-22(32)18-7-15(9-33-4)35-28-18;2*1-7-5-3-2-4-6-7/h12,16-17,19-20H,6-11,13-15H2,1-5H3,(H,27,34)(H,28,32)(H,29,35);7,10,12-13,16-17H,5-6,8-9,11H2,1-4H3,(H,24,31)(H,26,29)(H,27,32);2*2-6H,1H3/t19-,20-,26+;16-,17-,23+;;/m00../s1. The smallest absolute Gasteiger partial charge is 0.274 e. The molecule has 3 saturated heterocycles. The van der Waals surface area contributed by atoms with Crippen molar-refractivity contribution >= 4 is 58.3 Å². The number of amides is 6. The van der Waals surface area contributed by atoms with Crippen molar-refractivity contribution in [1.82, 2.24) is 52.1 Å². The lowest BCUT2D eigenvalue weighted by Gasteiger charge is -2.25. The highest BCUT2D eigenvalue weighted by molar-refractivity contribution is 7.07. The van der Waals surface area contributed by atoms with Crippen LogP contribution in [0.4, 0.5) is 0 Å². The minimum atomic E-state index is -1.03. The van der Waals surface area contributed by atoms with Crippen molar-refractivity contribution in [2.24, 2.45) is 17.8 Å². The number of benzene rings is 2. The second-order valence-electron chi connectivity index (χ2n) is 23.6. The first kappa shape index (κ1) is 71.2. The Morgan fingerprint density at radius 1 is 0.614 bits per heavy atom. The summed E-state index contributed by atoms with van der Waals surface area (Å²) in [4.78, 5) is 108. The SMILES string of the molecule is CC(C)C[C@H](NC(=O)c1cc(CN2CCOCC2)on1)C(=O)NCC(=O)N[C@@H](CC(C)C)C(=O)[C@@]1(C)CO1.COCc1cc(C(=O)N[C@@H](Cc2cscn2)C(=O)NCC(=O)N[C@@H](CC(C)C)C(=O)[C@@]2(C)CO2)no1.Cc1ccccc1.Cc1ccccc1. The van der Waals surface area contributed by atoms with Crippen LogP contribution in [0, 0.1) is 31.6 Å². The van der Waals surface area contributed by atoms with Crippen LogP contribution in [0.5, 0.6) is 0 Å². The molecule has 6 N–H and O–H groups in total. The van der Waals surface area contributed by atoms with Gasteiger partial charge in [0.15, 0.2) is 34.5 Å². The summed E-state index contributed by atoms with van der Waals surface area (Å²) in [7, 11) is 1.48. The zero-order chi connectivity index (χ0) is 64.4. The number of nitrogens with zero attached hydrogens (tertiary/aromatic N) is 4. The van der Waals surface area contributed by atoms with Gasteiger partial charge in [-0.3, -0.25) is 43.3 Å². The van der Waals surface area contributed by atoms with Crippen molar-refractivity contribution in [2.45, 2.75) is 143 Å². The number of epoxide rings is 2. The first-order chi connectivity index (χ1) is 41.9. The second-order valence-corrected chi connectivity index (χ2v) is 24.3. The van der Waals surface area contributed by atoms with Gasteiger partial charge >= 0.3 is 0 Å². The molecule has 25 heteroatoms. The number of carbonyl (C=O) groups is 8. The first-order valence-corrected chi connectivity index (χ1v) is 30.5. The molecular formula is C63H88N10O14S. The van der Waals surface area contributed by atoms with Crippen LogP contribution < -0.4 is 31.9 Å². The molecule has 3 aliphatic heterocycles. The molecule has 0 saturated carbocycles. The fourth-order valence-electron chi connectivity index (χ4n) is 8.81. The Balaban J connectivity index is 0.000000261. The number of nitrogens with one attached hydrogen (secondary N) is 6. The van der Waals surface area contributed by atoms with Gasteiger partial charge in [0.1, 0.15) is 29.9 Å². The molecule has 3 aliphatic rings. The molecule has 3 fully saturated rings. The van der Waals surface area contributed by atoms with Crippen LogP contribution in [0.25, 0.3) is 0 Å². The van der Waals surface area contributed by atoms with Crippen molar-refractivity contribution in [1.29, 1.82) is 0 Å². The molecule has 88 heavy (non-hydrogen) atoms. The molecule has 6 amide bonds. The van der Waals surface area contributed by atoms with E-state index in [1.54, 1.807) is 30.8 Å². The van der Waals surface area contributed by atoms with Gasteiger partial charge in [-0.25, -0.2) is 4.98 Å². The molecule has 6 atom stereocenters. The Hall–Kier alpha value is -7.55. The van der Waals surface area contributed by atoms with Crippen molar-refractivity contribution in [2.75, 3.05) is 59.7 Å². The molecule has 0 aliphatic carbocycles. The lowest BCUT2D eigenvalue weighted by Crippen LogP contribution is -2.52. The molecule has 0 bridgehead atoms. The van der Waals surface area contributed by atoms with Crippen molar-refractivity contribution < 1.29 is 66.3 Å². The van der Waals surface area contributed by atoms with Crippen molar-refractivity contribution in [3.05, 3.63) is 123 Å². The number of thiazole rings is 1. The van der Waals surface area contributed by atoms with Crippen molar-refractivity contribution in [3.8, 4) is 0 Å². The highest BCUT2D eigenvalue weighted by Crippen LogP contribution is 2.31. The molecule has 24 nitrogen and oxygen atoms in total. The third-order valence-corrected chi connectivity index (χ3v) is 14.5. The molecule has 0 spiro atoms. The van der Waals surface area contributed by atoms with E-state index >= 15 is 0 Å². The summed E-state index contributed by atoms with van der Waals surface area (Å²) < 4.78 is 31.1. The van der Waals surface area contributed by atoms with Crippen LogP contribution >= 0.6 is 11.3 Å². The summed E-state index contributed by atoms with van der Waals surface area (Å²) in [5, 5.41) is 25.2. The monoisotopic (exact) mass is 1240 g/mol. The minimum Gasteiger partial charge on any atom is -0.379 e. The number of hydrogen-bond acceptors (Lipinski definition) is 19. The molecule has 5 aromatic rings. The van der Waals surface area contributed by atoms with E-state index in [-0.39, 0.29) is 66.8 Å². The van der Waals surface area contributed by atoms with E-state index < -0.39 is 70.8 Å². The second kappa shape index (κ2) is 35.4. The van der Waals surface area contributed by atoms with Gasteiger partial charge in [0.25, 0.3) is 11.8 Å². The van der Waals surface area contributed by atoms with E-state index in [4.69, 9.17) is 28.0 Å². The summed E-state index contributed by atoms with van der Waals surface area (Å²) in [6.45, 7) is 22.7. The van der Waals surface area contributed by atoms with Crippen LogP contribution in [-0.4, -0.2) is 162 Å². The highest BCUT2D eigenvalue weighted by atomic mass is 32.1. The minimum absolute atomic E-state index is 0.0123. The number of ether oxygens (including phenoxy) is 4. The number of methoxy groups -OCH3 is 1. The van der Waals surface area contributed by atoms with E-state index in [9.17, 15) is 38.4 Å². The summed E-state index contributed by atoms with van der Waals surface area (Å²) in [5.74, 6) is -2.26. The fraction of sp³-hybridized carbons (Fsp3) is 0.540. The molecule has 2 aromatic carbocycles. The number of aryl methyl sites for hydroxylation is 2. The third-order valence-electron chi connectivity index (χ3n) is 13.8. The predicted molar refractivity (Wildman–Crippen MR) is 327 cm³/mol. The molecule has 0 radical (unpaired) electrons. The molecule has 8 rings (SSSR count). The average molecular weight is 1240 g/mol. The number of rotatable bonds is 28. The maximum absolute atomic E-state index is 12.9. The molecule has 480 valence electrons. The molecule has 3 aromatic heterocycles. The van der Waals surface area contributed by atoms with Crippen LogP contribution in [0.3, 0.4) is 0 Å². The lowest BCUT2D eigenvalue weighted by atomic mass is 9.93. The Morgan fingerprint density at radius 3 is 1.45 bits per heavy atom. The summed E-state index contributed by atoms with van der Waals surface area (Å²) >= 11 is 1.35. The van der Waals surface area contributed by atoms with Crippen LogP contribution in [-0.2, 0) is 67.3 Å². The molecular weight excluding hydrogens is 1150 g/mol. The Morgan fingerprint density at radius 2 is 1.05 bits per heavy atom. The van der Waals surface area contributed by atoms with E-state index in [2.05, 4.69) is 90.2 Å². The van der Waals surface area contributed by atoms with Gasteiger partial charge in [0.2, 0.25) is 23.6 Å². The Bertz CT molecular complexity index is 2960. The van der Waals surface area contributed by atoms with E-state index in [0.29, 0.717) is 69.4 Å². The zero-order valence-electron chi connectivity index (χ0n) is 52.4. The zero-order valence-corrected chi connectivity index (χ0v) is 53.3. The summed E-state index contributed by atoms with van der Waals surface area (Å²) in [6, 6.07) is 20.2. The molecule has 6 heterocycles. The maximum atomic E-state index is 12.9. The first-order valence-electron chi connectivity index (χ1n) is 29.6. The van der Waals surface area contributed by atoms with Crippen LogP contribution in [0.1, 0.15) is 124 Å². The van der Waals surface area contributed by atoms with E-state index in [1.807, 2.05) is 77.9 Å². The summed E-state index contributed by atoms with van der Waals surface area (Å²) in [5.41, 5.74) is 3.20. The van der Waals surface area contributed by atoms with Gasteiger partial charge in [0, 0.05) is 44.1 Å². The number of aromatic nitrogens is 3. The van der Waals surface area contributed by atoms with Gasteiger partial charge < -0.3 is 59.9 Å². The van der Waals surface area contributed by atoms with Crippen molar-refractivity contribution in [3.63, 3.8) is 0 Å². The fourth-order valence-corrected chi connectivity index (χ4v) is 9.38. The van der Waals surface area contributed by atoms with Gasteiger partial charge in [-0.1, -0.05) is 124 Å². The van der Waals surface area contributed by atoms with Gasteiger partial charge in [-0.2, -0.15) is 0 Å². The van der Waals surface area contributed by atoms with Gasteiger partial charge in [-0.05, 0) is 64.7 Å². The molecule has 0 unspecified atom stereocenters. The van der Waals surface area contributed by atoms with E-state index in [1.165, 1.54) is 35.6 Å². The largest absolute Gasteiger partial charge is 0.379 e. The topological polar surface area (TPSA) is 320 Å². The Kier molecular flexibility index (Phi) is 28.7. The normalized spacial score (nSPS) is 18.0. The van der Waals surface area contributed by atoms with Crippen LogP contribution in [0.15, 0.2) is 92.7 Å². The highest BCUT2D eigenvalue weighted by Gasteiger charge is 2.51. The van der Waals surface area contributed by atoms with Crippen LogP contribution in [0.2, 0.25) is 0 Å². The lowest BCUT2D eigenvalue weighted by molar-refractivity contribution is -0.131. The predicted octanol–water partition coefficient (Wildman–Crippen LogP) is 5.27. The quantitative estimate of drug-likeness (QED) is 0.0347. The Labute approximate surface area is 519 Å². The number of morpholine rings is 1. The van der Waals surface area contributed by atoms with Gasteiger partial charge in [-0.15, -0.1) is 11.3 Å². The van der Waals surface area contributed by atoms with E-state index in [0.717, 1.165) is 13.1 Å². The number of hydrogen-bond donors (Lipinski definition) is 6. The summed E-state index contributed by atoms with van der Waals surface area (Å²) in [6.07, 6.45) is 1.38. The maximum Gasteiger partial charge on any atom is 0.274 e. The number of Topliss-reactive ketones (excluding diaryl/α,β-unsaturated/α-hetero) is 2.